The normalized spacial score (nSPS) is 11.2. The van der Waals surface area contributed by atoms with Gasteiger partial charge in [-0.1, -0.05) is 24.3 Å². The van der Waals surface area contributed by atoms with Crippen molar-refractivity contribution < 1.29 is 27.4 Å². The number of hydrogen-bond donors (Lipinski definition) is 1. The van der Waals surface area contributed by atoms with Crippen LogP contribution < -0.4 is 14.9 Å². The predicted octanol–water partition coefficient (Wildman–Crippen LogP) is 6.08. The highest BCUT2D eigenvalue weighted by molar-refractivity contribution is 9.10. The van der Waals surface area contributed by atoms with E-state index in [1.54, 1.807) is 37.3 Å². The molecule has 0 saturated heterocycles. The third-order valence-electron chi connectivity index (χ3n) is 4.71. The number of amides is 1. The molecule has 0 aliphatic carbocycles. The Labute approximate surface area is 208 Å². The third kappa shape index (κ3) is 6.83. The van der Waals surface area contributed by atoms with Gasteiger partial charge in [-0.25, -0.2) is 5.43 Å². The summed E-state index contributed by atoms with van der Waals surface area (Å²) in [6.07, 6.45) is -3.23. The van der Waals surface area contributed by atoms with E-state index in [1.165, 1.54) is 12.3 Å². The first-order chi connectivity index (χ1) is 16.7. The monoisotopic (exact) mass is 545 g/mol. The summed E-state index contributed by atoms with van der Waals surface area (Å²) in [6.45, 7) is 2.31. The highest BCUT2D eigenvalue weighted by atomic mass is 79.9. The van der Waals surface area contributed by atoms with Crippen molar-refractivity contribution in [1.29, 1.82) is 5.26 Å². The fourth-order valence-electron chi connectivity index (χ4n) is 3.00. The van der Waals surface area contributed by atoms with E-state index in [2.05, 4.69) is 32.5 Å². The molecule has 0 unspecified atom stereocenters. The number of carbonyl (C=O) groups excluding carboxylic acids is 1. The lowest BCUT2D eigenvalue weighted by Gasteiger charge is -2.14. The van der Waals surface area contributed by atoms with Gasteiger partial charge in [0, 0.05) is 21.2 Å². The summed E-state index contributed by atoms with van der Waals surface area (Å²) in [5.74, 6) is 0.0528. The second-order valence-electron chi connectivity index (χ2n) is 7.09. The molecule has 1 N–H and O–H groups in total. The maximum atomic E-state index is 12.9. The van der Waals surface area contributed by atoms with Gasteiger partial charge in [-0.2, -0.15) is 23.5 Å². The van der Waals surface area contributed by atoms with Crippen molar-refractivity contribution in [2.24, 2.45) is 5.10 Å². The Balaban J connectivity index is 1.75. The second-order valence-corrected chi connectivity index (χ2v) is 7.94. The van der Waals surface area contributed by atoms with Crippen LogP contribution in [0.2, 0.25) is 0 Å². The van der Waals surface area contributed by atoms with E-state index in [4.69, 9.17) is 9.47 Å². The Bertz CT molecular complexity index is 1290. The first-order valence-corrected chi connectivity index (χ1v) is 11.1. The molecule has 6 nitrogen and oxygen atoms in total. The van der Waals surface area contributed by atoms with Gasteiger partial charge in [0.05, 0.1) is 30.0 Å². The van der Waals surface area contributed by atoms with E-state index in [0.717, 1.165) is 23.8 Å². The molecule has 0 bridgehead atoms. The topological polar surface area (TPSA) is 83.7 Å². The predicted molar refractivity (Wildman–Crippen MR) is 127 cm³/mol. The van der Waals surface area contributed by atoms with Gasteiger partial charge in [0.1, 0.15) is 6.61 Å². The number of nitrogens with one attached hydrogen (secondary N) is 1. The molecule has 3 aromatic carbocycles. The molecular formula is C25H19BrF3N3O3. The number of nitriles is 1. The number of nitrogens with zero attached hydrogens (tertiary/aromatic N) is 2. The SMILES string of the molecule is CCOc1cc(/C=N/NC(=O)c2cccc(C(F)(F)F)c2)c(Br)cc1OCc1ccccc1C#N. The summed E-state index contributed by atoms with van der Waals surface area (Å²) in [7, 11) is 0. The number of hydrazone groups is 1. The van der Waals surface area contributed by atoms with Crippen LogP contribution in [0, 0.1) is 11.3 Å². The Morgan fingerprint density at radius 3 is 2.57 bits per heavy atom. The van der Waals surface area contributed by atoms with Crippen molar-refractivity contribution >= 4 is 28.1 Å². The Morgan fingerprint density at radius 1 is 1.11 bits per heavy atom. The van der Waals surface area contributed by atoms with E-state index >= 15 is 0 Å². The molecule has 10 heteroatoms. The van der Waals surface area contributed by atoms with Crippen LogP contribution in [0.25, 0.3) is 0 Å². The van der Waals surface area contributed by atoms with Gasteiger partial charge in [-0.05, 0) is 59.3 Å². The molecule has 0 spiro atoms. The second kappa shape index (κ2) is 11.5. The van der Waals surface area contributed by atoms with Gasteiger partial charge in [0.15, 0.2) is 11.5 Å². The van der Waals surface area contributed by atoms with Gasteiger partial charge in [-0.15, -0.1) is 0 Å². The maximum absolute atomic E-state index is 12.9. The van der Waals surface area contributed by atoms with E-state index in [0.29, 0.717) is 33.7 Å². The summed E-state index contributed by atoms with van der Waals surface area (Å²) in [4.78, 5) is 12.2. The van der Waals surface area contributed by atoms with Crippen LogP contribution in [-0.4, -0.2) is 18.7 Å². The summed E-state index contributed by atoms with van der Waals surface area (Å²) in [6, 6.07) is 16.5. The van der Waals surface area contributed by atoms with Crippen molar-refractivity contribution in [2.75, 3.05) is 6.61 Å². The summed E-state index contributed by atoms with van der Waals surface area (Å²) in [5.41, 5.74) is 2.87. The molecule has 0 atom stereocenters. The minimum atomic E-state index is -4.55. The molecule has 0 heterocycles. The minimum absolute atomic E-state index is 0.150. The van der Waals surface area contributed by atoms with E-state index in [1.807, 2.05) is 6.07 Å². The van der Waals surface area contributed by atoms with Gasteiger partial charge in [-0.3, -0.25) is 4.79 Å². The summed E-state index contributed by atoms with van der Waals surface area (Å²) < 4.78 is 50.7. The fraction of sp³-hybridized carbons (Fsp3) is 0.160. The lowest BCUT2D eigenvalue weighted by molar-refractivity contribution is -0.137. The lowest BCUT2D eigenvalue weighted by Crippen LogP contribution is -2.18. The molecule has 1 amide bonds. The zero-order valence-corrected chi connectivity index (χ0v) is 20.0. The Kier molecular flexibility index (Phi) is 8.49. The van der Waals surface area contributed by atoms with Gasteiger partial charge >= 0.3 is 6.18 Å². The number of carbonyl (C=O) groups is 1. The van der Waals surface area contributed by atoms with Crippen LogP contribution in [0.4, 0.5) is 13.2 Å². The highest BCUT2D eigenvalue weighted by Crippen LogP contribution is 2.34. The number of hydrogen-bond acceptors (Lipinski definition) is 5. The number of halogens is 4. The average molecular weight is 546 g/mol. The number of benzene rings is 3. The zero-order chi connectivity index (χ0) is 25.4. The molecule has 3 rings (SSSR count). The first kappa shape index (κ1) is 25.8. The van der Waals surface area contributed by atoms with Gasteiger partial charge in [0.25, 0.3) is 5.91 Å². The summed E-state index contributed by atoms with van der Waals surface area (Å²) in [5, 5.41) is 13.1. The molecular weight excluding hydrogens is 527 g/mol. The average Bonchev–Trinajstić information content (AvgIpc) is 2.84. The molecule has 0 aliphatic rings. The standard InChI is InChI=1S/C25H19BrF3N3O3/c1-2-34-22-11-19(14-31-32-24(33)16-8-5-9-20(10-16)25(27,28)29)21(26)12-23(22)35-15-18-7-4-3-6-17(18)13-30/h3-12,14H,2,15H2,1H3,(H,32,33)/b31-14+. The molecule has 3 aromatic rings. The van der Waals surface area contributed by atoms with Crippen LogP contribution in [0.5, 0.6) is 11.5 Å². The lowest BCUT2D eigenvalue weighted by atomic mass is 10.1. The van der Waals surface area contributed by atoms with Crippen molar-refractivity contribution in [3.05, 3.63) is 93.0 Å². The molecule has 35 heavy (non-hydrogen) atoms. The van der Waals surface area contributed by atoms with Crippen molar-refractivity contribution in [2.45, 2.75) is 19.7 Å². The molecule has 0 fully saturated rings. The number of alkyl halides is 3. The smallest absolute Gasteiger partial charge is 0.416 e. The van der Waals surface area contributed by atoms with Crippen LogP contribution in [-0.2, 0) is 12.8 Å². The van der Waals surface area contributed by atoms with E-state index in [9.17, 15) is 23.2 Å². The quantitative estimate of drug-likeness (QED) is 0.274. The van der Waals surface area contributed by atoms with Crippen LogP contribution in [0.3, 0.4) is 0 Å². The minimum Gasteiger partial charge on any atom is -0.490 e. The first-order valence-electron chi connectivity index (χ1n) is 10.3. The summed E-state index contributed by atoms with van der Waals surface area (Å²) >= 11 is 3.41. The zero-order valence-electron chi connectivity index (χ0n) is 18.4. The third-order valence-corrected chi connectivity index (χ3v) is 5.39. The fourth-order valence-corrected chi connectivity index (χ4v) is 3.43. The molecule has 0 aromatic heterocycles. The number of ether oxygens (including phenoxy) is 2. The number of rotatable bonds is 8. The van der Waals surface area contributed by atoms with Crippen molar-refractivity contribution in [3.8, 4) is 17.6 Å². The van der Waals surface area contributed by atoms with Crippen molar-refractivity contribution in [1.82, 2.24) is 5.43 Å². The van der Waals surface area contributed by atoms with Crippen LogP contribution >= 0.6 is 15.9 Å². The van der Waals surface area contributed by atoms with Crippen LogP contribution in [0.15, 0.2) is 70.2 Å². The van der Waals surface area contributed by atoms with E-state index in [-0.39, 0.29) is 12.2 Å². The molecule has 0 saturated carbocycles. The molecule has 0 aliphatic heterocycles. The van der Waals surface area contributed by atoms with Crippen molar-refractivity contribution in [3.63, 3.8) is 0 Å². The van der Waals surface area contributed by atoms with Crippen LogP contribution in [0.1, 0.15) is 39.5 Å². The Morgan fingerprint density at radius 2 is 1.86 bits per heavy atom. The largest absolute Gasteiger partial charge is 0.490 e. The van der Waals surface area contributed by atoms with Gasteiger partial charge < -0.3 is 9.47 Å². The maximum Gasteiger partial charge on any atom is 0.416 e. The Hall–Kier alpha value is -3.84. The van der Waals surface area contributed by atoms with E-state index < -0.39 is 17.6 Å². The highest BCUT2D eigenvalue weighted by Gasteiger charge is 2.30. The molecule has 180 valence electrons. The van der Waals surface area contributed by atoms with Gasteiger partial charge in [0.2, 0.25) is 0 Å². The molecule has 0 radical (unpaired) electrons.